The Labute approximate surface area is 100 Å². The summed E-state index contributed by atoms with van der Waals surface area (Å²) in [6.45, 7) is 5.01. The predicted octanol–water partition coefficient (Wildman–Crippen LogP) is 3.56. The summed E-state index contributed by atoms with van der Waals surface area (Å²) in [7, 11) is 0. The number of benzene rings is 1. The Kier molecular flexibility index (Phi) is 3.15. The second-order valence-corrected chi connectivity index (χ2v) is 4.97. The maximum atomic E-state index is 5.84. The molecule has 0 atom stereocenters. The minimum atomic E-state index is 0.799. The maximum Gasteiger partial charge on any atom is 0.0514 e. The Morgan fingerprint density at radius 1 is 1.25 bits per heavy atom. The molecule has 0 radical (unpaired) electrons. The summed E-state index contributed by atoms with van der Waals surface area (Å²) in [6.07, 6.45) is 0. The molecule has 0 amide bonds. The first-order chi connectivity index (χ1) is 7.66. The highest BCUT2D eigenvalue weighted by molar-refractivity contribution is 7.10. The molecular weight excluding hydrogens is 216 g/mol. The lowest BCUT2D eigenvalue weighted by Gasteiger charge is -2.09. The molecule has 1 aromatic carbocycles. The minimum Gasteiger partial charge on any atom is -0.398 e. The zero-order valence-electron chi connectivity index (χ0n) is 9.58. The minimum absolute atomic E-state index is 0.799. The number of hydrogen-bond donors (Lipinski definition) is 2. The Balaban J connectivity index is 2.10. The molecule has 0 unspecified atom stereocenters. The summed E-state index contributed by atoms with van der Waals surface area (Å²) in [5.74, 6) is 0. The van der Waals surface area contributed by atoms with Crippen LogP contribution >= 0.6 is 11.3 Å². The van der Waals surface area contributed by atoms with Crippen molar-refractivity contribution in [2.75, 3.05) is 11.1 Å². The fourth-order valence-corrected chi connectivity index (χ4v) is 2.33. The highest BCUT2D eigenvalue weighted by Gasteiger charge is 2.02. The average molecular weight is 232 g/mol. The maximum absolute atomic E-state index is 5.84. The van der Waals surface area contributed by atoms with Gasteiger partial charge in [0, 0.05) is 16.3 Å². The second kappa shape index (κ2) is 4.58. The molecule has 2 rings (SSSR count). The summed E-state index contributed by atoms with van der Waals surface area (Å²) in [5.41, 5.74) is 10.4. The van der Waals surface area contributed by atoms with Crippen molar-refractivity contribution >= 4 is 22.7 Å². The molecule has 3 heteroatoms. The Hall–Kier alpha value is -1.48. The van der Waals surface area contributed by atoms with Crippen molar-refractivity contribution in [1.82, 2.24) is 0 Å². The van der Waals surface area contributed by atoms with E-state index >= 15 is 0 Å². The molecule has 1 heterocycles. The van der Waals surface area contributed by atoms with E-state index in [2.05, 4.69) is 37.4 Å². The van der Waals surface area contributed by atoms with Gasteiger partial charge in [-0.1, -0.05) is 12.1 Å². The third-order valence-corrected chi connectivity index (χ3v) is 3.55. The zero-order chi connectivity index (χ0) is 11.5. The lowest BCUT2D eigenvalue weighted by atomic mass is 10.1. The number of aryl methyl sites for hydroxylation is 2. The molecule has 1 aromatic heterocycles. The first-order valence-corrected chi connectivity index (χ1v) is 6.18. The van der Waals surface area contributed by atoms with Gasteiger partial charge < -0.3 is 11.1 Å². The third kappa shape index (κ3) is 2.36. The van der Waals surface area contributed by atoms with E-state index in [0.717, 1.165) is 12.2 Å². The number of nitrogen functional groups attached to an aromatic ring is 1. The van der Waals surface area contributed by atoms with E-state index in [9.17, 15) is 0 Å². The molecule has 0 aliphatic carbocycles. The third-order valence-electron chi connectivity index (χ3n) is 2.61. The monoisotopic (exact) mass is 232 g/mol. The van der Waals surface area contributed by atoms with Crippen LogP contribution in [0.25, 0.3) is 0 Å². The lowest BCUT2D eigenvalue weighted by molar-refractivity contribution is 1.18. The van der Waals surface area contributed by atoms with Crippen LogP contribution in [0.4, 0.5) is 11.4 Å². The van der Waals surface area contributed by atoms with Gasteiger partial charge in [0.1, 0.15) is 0 Å². The summed E-state index contributed by atoms with van der Waals surface area (Å²) in [4.78, 5) is 1.20. The van der Waals surface area contributed by atoms with Crippen LogP contribution in [-0.4, -0.2) is 0 Å². The first kappa shape index (κ1) is 11.0. The van der Waals surface area contributed by atoms with E-state index in [-0.39, 0.29) is 0 Å². The van der Waals surface area contributed by atoms with Crippen LogP contribution in [0, 0.1) is 13.8 Å². The molecule has 0 saturated carbocycles. The number of rotatable bonds is 3. The van der Waals surface area contributed by atoms with E-state index in [1.165, 1.54) is 21.7 Å². The quantitative estimate of drug-likeness (QED) is 0.849. The van der Waals surface area contributed by atoms with Gasteiger partial charge in [-0.05, 0) is 42.5 Å². The molecule has 16 heavy (non-hydrogen) atoms. The molecule has 0 aliphatic heterocycles. The number of thiophene rings is 1. The molecule has 0 bridgehead atoms. The highest BCUT2D eigenvalue weighted by Crippen LogP contribution is 2.22. The van der Waals surface area contributed by atoms with Crippen LogP contribution in [0.2, 0.25) is 0 Å². The van der Waals surface area contributed by atoms with Crippen molar-refractivity contribution in [1.29, 1.82) is 0 Å². The fourth-order valence-electron chi connectivity index (χ4n) is 1.60. The lowest BCUT2D eigenvalue weighted by Crippen LogP contribution is -2.01. The van der Waals surface area contributed by atoms with E-state index < -0.39 is 0 Å². The van der Waals surface area contributed by atoms with Crippen molar-refractivity contribution in [3.8, 4) is 0 Å². The molecule has 0 fully saturated rings. The van der Waals surface area contributed by atoms with Gasteiger partial charge in [-0.3, -0.25) is 0 Å². The normalized spacial score (nSPS) is 10.4. The Morgan fingerprint density at radius 3 is 2.75 bits per heavy atom. The molecule has 2 aromatic rings. The van der Waals surface area contributed by atoms with Gasteiger partial charge in [-0.2, -0.15) is 0 Å². The number of nitrogens with two attached hydrogens (primary N) is 1. The van der Waals surface area contributed by atoms with Crippen molar-refractivity contribution in [3.63, 3.8) is 0 Å². The second-order valence-electron chi connectivity index (χ2n) is 3.97. The van der Waals surface area contributed by atoms with Gasteiger partial charge in [0.05, 0.1) is 6.54 Å². The van der Waals surface area contributed by atoms with Crippen molar-refractivity contribution in [2.45, 2.75) is 20.4 Å². The molecule has 0 saturated heterocycles. The standard InChI is InChI=1S/C13H16N2S/c1-9-3-4-10(2)12(7-9)15-8-13-11(14)5-6-16-13/h3-7,15H,8,14H2,1-2H3. The van der Waals surface area contributed by atoms with E-state index in [4.69, 9.17) is 5.73 Å². The number of nitrogens with one attached hydrogen (secondary N) is 1. The molecule has 2 nitrogen and oxygen atoms in total. The predicted molar refractivity (Wildman–Crippen MR) is 72.0 cm³/mol. The number of hydrogen-bond acceptors (Lipinski definition) is 3. The molecular formula is C13H16N2S. The number of anilines is 2. The largest absolute Gasteiger partial charge is 0.398 e. The van der Waals surface area contributed by atoms with Crippen molar-refractivity contribution in [3.05, 3.63) is 45.6 Å². The Bertz CT molecular complexity index is 488. The van der Waals surface area contributed by atoms with Gasteiger partial charge in [0.15, 0.2) is 0 Å². The van der Waals surface area contributed by atoms with E-state index in [1.54, 1.807) is 11.3 Å². The molecule has 0 spiro atoms. The zero-order valence-corrected chi connectivity index (χ0v) is 10.4. The molecule has 0 aliphatic rings. The van der Waals surface area contributed by atoms with Crippen molar-refractivity contribution < 1.29 is 0 Å². The highest BCUT2D eigenvalue weighted by atomic mass is 32.1. The smallest absolute Gasteiger partial charge is 0.0514 e. The molecule has 84 valence electrons. The van der Waals surface area contributed by atoms with E-state index in [1.807, 2.05) is 11.4 Å². The van der Waals surface area contributed by atoms with Crippen molar-refractivity contribution in [2.24, 2.45) is 0 Å². The van der Waals surface area contributed by atoms with Crippen LogP contribution in [0.15, 0.2) is 29.6 Å². The topological polar surface area (TPSA) is 38.0 Å². The van der Waals surface area contributed by atoms with E-state index in [0.29, 0.717) is 0 Å². The fraction of sp³-hybridized carbons (Fsp3) is 0.231. The summed E-state index contributed by atoms with van der Waals surface area (Å²) in [6, 6.07) is 8.37. The average Bonchev–Trinajstić information content (AvgIpc) is 2.66. The summed E-state index contributed by atoms with van der Waals surface area (Å²) in [5, 5.41) is 5.45. The van der Waals surface area contributed by atoms with Gasteiger partial charge in [0.25, 0.3) is 0 Å². The first-order valence-electron chi connectivity index (χ1n) is 5.30. The SMILES string of the molecule is Cc1ccc(C)c(NCc2sccc2N)c1. The van der Waals surface area contributed by atoms with Crippen LogP contribution < -0.4 is 11.1 Å². The van der Waals surface area contributed by atoms with Crippen LogP contribution in [-0.2, 0) is 6.54 Å². The van der Waals surface area contributed by atoms with Gasteiger partial charge in [0.2, 0.25) is 0 Å². The summed E-state index contributed by atoms with van der Waals surface area (Å²) >= 11 is 1.69. The van der Waals surface area contributed by atoms with Gasteiger partial charge in [-0.25, -0.2) is 0 Å². The van der Waals surface area contributed by atoms with Crippen LogP contribution in [0.1, 0.15) is 16.0 Å². The van der Waals surface area contributed by atoms with Gasteiger partial charge >= 0.3 is 0 Å². The van der Waals surface area contributed by atoms with Crippen LogP contribution in [0.5, 0.6) is 0 Å². The van der Waals surface area contributed by atoms with Gasteiger partial charge in [-0.15, -0.1) is 11.3 Å². The summed E-state index contributed by atoms with van der Waals surface area (Å²) < 4.78 is 0. The molecule has 3 N–H and O–H groups in total. The van der Waals surface area contributed by atoms with Crippen LogP contribution in [0.3, 0.4) is 0 Å². The Morgan fingerprint density at radius 2 is 2.06 bits per heavy atom.